The van der Waals surface area contributed by atoms with Gasteiger partial charge in [-0.15, -0.1) is 0 Å². The highest BCUT2D eigenvalue weighted by atomic mass is 79.9. The molecule has 1 heterocycles. The maximum absolute atomic E-state index is 6.17. The van der Waals surface area contributed by atoms with Gasteiger partial charge in [0.15, 0.2) is 0 Å². The maximum atomic E-state index is 6.17. The third-order valence-corrected chi connectivity index (χ3v) is 12.1. The molecule has 0 bridgehead atoms. The highest BCUT2D eigenvalue weighted by molar-refractivity contribution is 9.11. The first-order valence-electron chi connectivity index (χ1n) is 18.9. The summed E-state index contributed by atoms with van der Waals surface area (Å²) in [6.07, 6.45) is 29.4. The Balaban J connectivity index is 1.49. The van der Waals surface area contributed by atoms with Crippen LogP contribution in [0.5, 0.6) is 0 Å². The largest absolute Gasteiger partial charge is 0.344 e. The highest BCUT2D eigenvalue weighted by Crippen LogP contribution is 2.43. The van der Waals surface area contributed by atoms with Crippen LogP contribution in [0.15, 0.2) is 42.2 Å². The molecule has 0 radical (unpaired) electrons. The van der Waals surface area contributed by atoms with Gasteiger partial charge in [-0.2, -0.15) is 0 Å². The third kappa shape index (κ3) is 14.2. The number of methoxy groups -OCH3 is 1. The fourth-order valence-corrected chi connectivity index (χ4v) is 10.5. The van der Waals surface area contributed by atoms with Crippen LogP contribution < -0.4 is 9.80 Å². The van der Waals surface area contributed by atoms with Gasteiger partial charge in [-0.1, -0.05) is 129 Å². The van der Waals surface area contributed by atoms with Crippen molar-refractivity contribution in [2.75, 3.05) is 30.0 Å². The van der Waals surface area contributed by atoms with Crippen LogP contribution in [0.2, 0.25) is 0 Å². The number of ether oxygens (including phenoxy) is 1. The smallest absolute Gasteiger partial charge is 0.210 e. The van der Waals surface area contributed by atoms with Crippen molar-refractivity contribution < 1.29 is 4.74 Å². The molecule has 0 atom stereocenters. The van der Waals surface area contributed by atoms with Gasteiger partial charge in [0.2, 0.25) is 6.35 Å². The van der Waals surface area contributed by atoms with Crippen LogP contribution in [0.25, 0.3) is 0 Å². The van der Waals surface area contributed by atoms with E-state index in [2.05, 4.69) is 112 Å². The first kappa shape index (κ1) is 41.3. The molecule has 0 spiro atoms. The van der Waals surface area contributed by atoms with Crippen molar-refractivity contribution in [3.63, 3.8) is 0 Å². The lowest BCUT2D eigenvalue weighted by atomic mass is 10.0. The van der Waals surface area contributed by atoms with Crippen molar-refractivity contribution in [3.8, 4) is 0 Å². The van der Waals surface area contributed by atoms with Crippen LogP contribution in [0.3, 0.4) is 0 Å². The van der Waals surface area contributed by atoms with Crippen molar-refractivity contribution >= 4 is 75.1 Å². The fourth-order valence-electron chi connectivity index (χ4n) is 7.01. The van der Waals surface area contributed by atoms with Gasteiger partial charge < -0.3 is 14.5 Å². The van der Waals surface area contributed by atoms with E-state index in [4.69, 9.17) is 4.74 Å². The van der Waals surface area contributed by atoms with E-state index in [1.54, 1.807) is 0 Å². The van der Waals surface area contributed by atoms with Crippen molar-refractivity contribution in [1.82, 2.24) is 0 Å². The molecule has 0 unspecified atom stereocenters. The third-order valence-electron chi connectivity index (χ3n) is 9.69. The predicted octanol–water partition coefficient (Wildman–Crippen LogP) is 14.9. The number of aryl methyl sites for hydroxylation is 2. The zero-order valence-electron chi connectivity index (χ0n) is 29.7. The van der Waals surface area contributed by atoms with Gasteiger partial charge >= 0.3 is 0 Å². The molecule has 1 aliphatic rings. The van der Waals surface area contributed by atoms with Crippen LogP contribution in [0.4, 0.5) is 11.4 Å². The average molecular weight is 907 g/mol. The van der Waals surface area contributed by atoms with E-state index in [0.717, 1.165) is 55.2 Å². The second-order valence-corrected chi connectivity index (χ2v) is 17.0. The molecule has 3 rings (SSSR count). The highest BCUT2D eigenvalue weighted by Gasteiger charge is 2.36. The van der Waals surface area contributed by atoms with Gasteiger partial charge in [-0.05, 0) is 125 Å². The lowest BCUT2D eigenvalue weighted by molar-refractivity contribution is 0.113. The summed E-state index contributed by atoms with van der Waals surface area (Å²) < 4.78 is 10.7. The number of hydrogen-bond donors (Lipinski definition) is 0. The van der Waals surface area contributed by atoms with Gasteiger partial charge in [0.05, 0.1) is 11.4 Å². The molecule has 0 saturated carbocycles. The first-order valence-corrected chi connectivity index (χ1v) is 22.1. The molecule has 0 N–H and O–H groups in total. The lowest BCUT2D eigenvalue weighted by Crippen LogP contribution is -2.41. The summed E-state index contributed by atoms with van der Waals surface area (Å²) >= 11 is 15.8. The number of hydrogen-bond acceptors (Lipinski definition) is 3. The SMILES string of the molecule is CCCCCCCCCCCCc1cc(Br)c(N2CCN(c3c(Br)cc(CCCCCCCCCCCC)cc3Br)C2OC)c(Br)c1. The molecule has 1 aliphatic heterocycles. The second-order valence-electron chi connectivity index (χ2n) is 13.6. The molecule has 1 fully saturated rings. The minimum Gasteiger partial charge on any atom is -0.344 e. The molecule has 0 aliphatic carbocycles. The van der Waals surface area contributed by atoms with Crippen molar-refractivity contribution in [3.05, 3.63) is 53.3 Å². The molecule has 2 aromatic rings. The Hall–Kier alpha value is -0.0800. The molecule has 7 heteroatoms. The van der Waals surface area contributed by atoms with E-state index >= 15 is 0 Å². The standard InChI is InChI=1S/C40H62Br4N2O/c1-4-6-8-10-12-14-16-18-20-22-24-32-28-34(41)38(35(42)29-32)45-26-27-46(40(45)47-3)39-36(43)30-33(31-37(39)44)25-23-21-19-17-15-13-11-9-7-5-2/h28-31,40H,4-27H2,1-3H3. The number of anilines is 2. The quantitative estimate of drug-likeness (QED) is 0.0924. The zero-order chi connectivity index (χ0) is 33.9. The minimum atomic E-state index is -0.198. The normalized spacial score (nSPS) is 13.8. The second kappa shape index (κ2) is 24.2. The van der Waals surface area contributed by atoms with Crippen molar-refractivity contribution in [1.29, 1.82) is 0 Å². The van der Waals surface area contributed by atoms with Crippen LogP contribution in [0, 0.1) is 0 Å². The van der Waals surface area contributed by atoms with Crippen LogP contribution >= 0.6 is 63.7 Å². The monoisotopic (exact) mass is 902 g/mol. The number of benzene rings is 2. The van der Waals surface area contributed by atoms with E-state index in [9.17, 15) is 0 Å². The molecule has 1 saturated heterocycles. The van der Waals surface area contributed by atoms with Gasteiger partial charge in [0.1, 0.15) is 0 Å². The average Bonchev–Trinajstić information content (AvgIpc) is 3.45. The summed E-state index contributed by atoms with van der Waals surface area (Å²) in [5, 5.41) is 0. The Labute approximate surface area is 322 Å². The molecule has 47 heavy (non-hydrogen) atoms. The maximum Gasteiger partial charge on any atom is 0.210 e. The van der Waals surface area contributed by atoms with Crippen LogP contribution in [-0.4, -0.2) is 26.6 Å². The Morgan fingerprint density at radius 3 is 1.04 bits per heavy atom. The van der Waals surface area contributed by atoms with Gasteiger partial charge in [-0.25, -0.2) is 0 Å². The number of unbranched alkanes of at least 4 members (excludes halogenated alkanes) is 18. The molecule has 0 amide bonds. The van der Waals surface area contributed by atoms with Crippen molar-refractivity contribution in [2.24, 2.45) is 0 Å². The molecule has 3 nitrogen and oxygen atoms in total. The van der Waals surface area contributed by atoms with Gasteiger partial charge in [-0.3, -0.25) is 0 Å². The molecule has 266 valence electrons. The Morgan fingerprint density at radius 1 is 0.489 bits per heavy atom. The van der Waals surface area contributed by atoms with Crippen LogP contribution in [-0.2, 0) is 17.6 Å². The number of rotatable bonds is 25. The van der Waals surface area contributed by atoms with E-state index < -0.39 is 0 Å². The fraction of sp³-hybridized carbons (Fsp3) is 0.700. The van der Waals surface area contributed by atoms with Crippen LogP contribution in [0.1, 0.15) is 153 Å². The lowest BCUT2D eigenvalue weighted by Gasteiger charge is -2.33. The zero-order valence-corrected chi connectivity index (χ0v) is 36.0. The summed E-state index contributed by atoms with van der Waals surface area (Å²) in [6, 6.07) is 9.27. The first-order chi connectivity index (χ1) is 22.9. The van der Waals surface area contributed by atoms with Gasteiger partial charge in [0, 0.05) is 38.1 Å². The van der Waals surface area contributed by atoms with E-state index in [0.29, 0.717) is 0 Å². The minimum absolute atomic E-state index is 0.198. The Bertz CT molecular complexity index is 1030. The van der Waals surface area contributed by atoms with E-state index in [-0.39, 0.29) is 6.35 Å². The summed E-state index contributed by atoms with van der Waals surface area (Å²) in [5.41, 5.74) is 5.10. The Kier molecular flexibility index (Phi) is 21.3. The van der Waals surface area contributed by atoms with Crippen molar-refractivity contribution in [2.45, 2.75) is 161 Å². The summed E-state index contributed by atoms with van der Waals surface area (Å²) in [6.45, 7) is 6.34. The van der Waals surface area contributed by atoms with E-state index in [1.165, 1.54) is 140 Å². The summed E-state index contributed by atoms with van der Waals surface area (Å²) in [7, 11) is 1.82. The predicted molar refractivity (Wildman–Crippen MR) is 220 cm³/mol. The van der Waals surface area contributed by atoms with E-state index in [1.807, 2.05) is 7.11 Å². The number of halogens is 4. The topological polar surface area (TPSA) is 15.7 Å². The Morgan fingerprint density at radius 2 is 0.766 bits per heavy atom. The molecular formula is C40H62Br4N2O. The molecule has 0 aromatic heterocycles. The summed E-state index contributed by atoms with van der Waals surface area (Å²) in [5.74, 6) is 0. The molecular weight excluding hydrogens is 844 g/mol. The molecule has 2 aromatic carbocycles. The number of nitrogens with zero attached hydrogens (tertiary/aromatic N) is 2. The van der Waals surface area contributed by atoms with Gasteiger partial charge in [0.25, 0.3) is 0 Å². The summed E-state index contributed by atoms with van der Waals surface area (Å²) in [4.78, 5) is 4.74.